The largest absolute Gasteiger partial charge is 0.192 e. The van der Waals surface area contributed by atoms with E-state index in [-0.39, 0.29) is 0 Å². The molecule has 0 aliphatic rings. The lowest BCUT2D eigenvalue weighted by Crippen LogP contribution is -1.97. The molecule has 0 amide bonds. The fourth-order valence-electron chi connectivity index (χ4n) is 6.81. The molecule has 0 spiro atoms. The van der Waals surface area contributed by atoms with Crippen molar-refractivity contribution in [3.05, 3.63) is 175 Å². The molecule has 0 N–H and O–H groups in total. The summed E-state index contributed by atoms with van der Waals surface area (Å²) in [4.78, 5) is 1.74. The van der Waals surface area contributed by atoms with Gasteiger partial charge in [0.1, 0.15) is 11.0 Å². The van der Waals surface area contributed by atoms with Crippen LogP contribution in [0.4, 0.5) is 0 Å². The number of aromatic nitrogens is 3. The van der Waals surface area contributed by atoms with E-state index in [2.05, 4.69) is 152 Å². The summed E-state index contributed by atoms with van der Waals surface area (Å²) in [7, 11) is 0. The van der Waals surface area contributed by atoms with Gasteiger partial charge in [0.15, 0.2) is 0 Å². The number of nitrogens with zero attached hydrogens (tertiary/aromatic N) is 4. The van der Waals surface area contributed by atoms with Gasteiger partial charge in [-0.05, 0) is 109 Å². The molecule has 0 fully saturated rings. The van der Waals surface area contributed by atoms with Crippen molar-refractivity contribution in [1.29, 1.82) is 5.26 Å². The molecule has 4 heteroatoms. The molecular weight excluding hydrogens is 597 g/mol. The Morgan fingerprint density at radius 2 is 0.918 bits per heavy atom. The summed E-state index contributed by atoms with van der Waals surface area (Å²) in [5.41, 5.74) is 12.3. The number of fused-ring (bicyclic) bond motifs is 4. The van der Waals surface area contributed by atoms with Crippen LogP contribution < -0.4 is 0 Å². The third kappa shape index (κ3) is 5.11. The molecule has 9 rings (SSSR count). The van der Waals surface area contributed by atoms with E-state index in [0.717, 1.165) is 55.7 Å². The van der Waals surface area contributed by atoms with E-state index < -0.39 is 0 Å². The summed E-state index contributed by atoms with van der Waals surface area (Å²) >= 11 is 0. The summed E-state index contributed by atoms with van der Waals surface area (Å²) in [5, 5.41) is 24.0. The summed E-state index contributed by atoms with van der Waals surface area (Å²) in [6, 6.07) is 61.2. The van der Waals surface area contributed by atoms with E-state index in [0.29, 0.717) is 5.56 Å². The zero-order chi connectivity index (χ0) is 32.7. The molecule has 228 valence electrons. The van der Waals surface area contributed by atoms with Crippen LogP contribution in [0.1, 0.15) is 5.56 Å². The second-order valence-corrected chi connectivity index (χ2v) is 12.2. The van der Waals surface area contributed by atoms with E-state index in [9.17, 15) is 0 Å². The van der Waals surface area contributed by atoms with Crippen molar-refractivity contribution in [2.75, 3.05) is 0 Å². The normalized spacial score (nSPS) is 11.2. The van der Waals surface area contributed by atoms with Crippen LogP contribution >= 0.6 is 0 Å². The first-order valence-corrected chi connectivity index (χ1v) is 16.3. The molecule has 9 aromatic rings. The van der Waals surface area contributed by atoms with Gasteiger partial charge in [-0.25, -0.2) is 0 Å². The van der Waals surface area contributed by atoms with Crippen molar-refractivity contribution < 1.29 is 0 Å². The van der Waals surface area contributed by atoms with Gasteiger partial charge >= 0.3 is 0 Å². The van der Waals surface area contributed by atoms with Crippen molar-refractivity contribution >= 4 is 32.6 Å². The van der Waals surface area contributed by atoms with Gasteiger partial charge in [-0.1, -0.05) is 127 Å². The molecule has 0 aliphatic heterocycles. The van der Waals surface area contributed by atoms with Gasteiger partial charge in [0.2, 0.25) is 0 Å². The Morgan fingerprint density at radius 1 is 0.408 bits per heavy atom. The lowest BCUT2D eigenvalue weighted by atomic mass is 9.88. The van der Waals surface area contributed by atoms with Crippen LogP contribution in [0.3, 0.4) is 0 Å². The smallest absolute Gasteiger partial charge is 0.114 e. The van der Waals surface area contributed by atoms with Crippen LogP contribution in [-0.4, -0.2) is 15.0 Å². The minimum absolute atomic E-state index is 0.663. The van der Waals surface area contributed by atoms with Crippen LogP contribution in [0.25, 0.3) is 82.8 Å². The van der Waals surface area contributed by atoms with E-state index in [4.69, 9.17) is 15.5 Å². The number of benzene rings is 8. The van der Waals surface area contributed by atoms with Crippen LogP contribution in [0.2, 0.25) is 0 Å². The van der Waals surface area contributed by atoms with Gasteiger partial charge in [-0.2, -0.15) is 10.1 Å². The molecule has 49 heavy (non-hydrogen) atoms. The van der Waals surface area contributed by atoms with Gasteiger partial charge in [0.05, 0.1) is 17.3 Å². The van der Waals surface area contributed by atoms with E-state index in [1.807, 2.05) is 24.3 Å². The first kappa shape index (κ1) is 28.4. The van der Waals surface area contributed by atoms with E-state index in [1.165, 1.54) is 27.1 Å². The highest BCUT2D eigenvalue weighted by Gasteiger charge is 2.17. The Morgan fingerprint density at radius 3 is 1.55 bits per heavy atom. The molecule has 0 unspecified atom stereocenters. The lowest BCUT2D eigenvalue weighted by Gasteiger charge is -2.15. The molecule has 1 heterocycles. The van der Waals surface area contributed by atoms with Crippen LogP contribution in [0.15, 0.2) is 170 Å². The first-order chi connectivity index (χ1) is 24.2. The molecule has 0 radical (unpaired) electrons. The Bertz CT molecular complexity index is 2680. The lowest BCUT2D eigenvalue weighted by molar-refractivity contribution is 0.766. The molecule has 0 saturated heterocycles. The molecule has 4 nitrogen and oxygen atoms in total. The van der Waals surface area contributed by atoms with Crippen molar-refractivity contribution in [2.24, 2.45) is 0 Å². The summed E-state index contributed by atoms with van der Waals surface area (Å²) in [6.45, 7) is 0. The average Bonchev–Trinajstić information content (AvgIpc) is 3.61. The Labute approximate surface area is 283 Å². The van der Waals surface area contributed by atoms with Gasteiger partial charge in [-0.15, -0.1) is 10.2 Å². The highest BCUT2D eigenvalue weighted by atomic mass is 15.5. The van der Waals surface area contributed by atoms with E-state index in [1.54, 1.807) is 4.80 Å². The highest BCUT2D eigenvalue weighted by molar-refractivity contribution is 6.15. The summed E-state index contributed by atoms with van der Waals surface area (Å²) in [6.07, 6.45) is 0. The van der Waals surface area contributed by atoms with Gasteiger partial charge in [0.25, 0.3) is 0 Å². The maximum absolute atomic E-state index is 9.10. The molecule has 1 aromatic heterocycles. The Kier molecular flexibility index (Phi) is 6.81. The fraction of sp³-hybridized carbons (Fsp3) is 0. The summed E-state index contributed by atoms with van der Waals surface area (Å²) in [5.74, 6) is 0. The van der Waals surface area contributed by atoms with Crippen molar-refractivity contribution in [1.82, 2.24) is 15.0 Å². The quantitative estimate of drug-likeness (QED) is 0.179. The van der Waals surface area contributed by atoms with Crippen molar-refractivity contribution in [3.63, 3.8) is 0 Å². The average molecular weight is 625 g/mol. The van der Waals surface area contributed by atoms with Crippen molar-refractivity contribution in [2.45, 2.75) is 0 Å². The second-order valence-electron chi connectivity index (χ2n) is 12.2. The topological polar surface area (TPSA) is 54.5 Å². The van der Waals surface area contributed by atoms with Gasteiger partial charge in [0, 0.05) is 0 Å². The molecule has 0 bridgehead atoms. The third-order valence-electron chi connectivity index (χ3n) is 9.33. The standard InChI is InChI=1S/C45H28N4/c46-29-30-14-16-31(17-15-30)32-18-20-33(21-19-32)34-22-24-37(25-23-34)49-47-44-27-41(35-8-2-1-3-9-35)43(28-45(44)48-49)42-26-36-10-4-5-11-38(36)39-12-6-7-13-40(39)42/h1-28H. The van der Waals surface area contributed by atoms with Crippen molar-refractivity contribution in [3.8, 4) is 56.3 Å². The number of hydrogen-bond acceptors (Lipinski definition) is 3. The van der Waals surface area contributed by atoms with Crippen LogP contribution in [0.5, 0.6) is 0 Å². The molecular formula is C45H28N4. The monoisotopic (exact) mass is 624 g/mol. The molecule has 0 aliphatic carbocycles. The molecule has 0 atom stereocenters. The van der Waals surface area contributed by atoms with Gasteiger partial charge < -0.3 is 0 Å². The first-order valence-electron chi connectivity index (χ1n) is 16.3. The predicted octanol–water partition coefficient (Wildman–Crippen LogP) is 11.3. The molecule has 8 aromatic carbocycles. The van der Waals surface area contributed by atoms with Crippen LogP contribution in [0, 0.1) is 11.3 Å². The van der Waals surface area contributed by atoms with Crippen LogP contribution in [-0.2, 0) is 0 Å². The summed E-state index contributed by atoms with van der Waals surface area (Å²) < 4.78 is 0. The number of hydrogen-bond donors (Lipinski definition) is 0. The van der Waals surface area contributed by atoms with Gasteiger partial charge in [-0.3, -0.25) is 0 Å². The Hall–Kier alpha value is -6.83. The maximum Gasteiger partial charge on any atom is 0.114 e. The number of nitriles is 1. The molecule has 0 saturated carbocycles. The predicted molar refractivity (Wildman–Crippen MR) is 200 cm³/mol. The number of rotatable bonds is 5. The minimum atomic E-state index is 0.663. The maximum atomic E-state index is 9.10. The second kappa shape index (κ2) is 11.8. The zero-order valence-corrected chi connectivity index (χ0v) is 26.5. The zero-order valence-electron chi connectivity index (χ0n) is 26.5. The minimum Gasteiger partial charge on any atom is -0.192 e. The SMILES string of the molecule is N#Cc1ccc(-c2ccc(-c3ccc(-n4nc5cc(-c6ccccc6)c(-c6cc7ccccc7c7ccccc67)cc5n4)cc3)cc2)cc1. The third-order valence-corrected chi connectivity index (χ3v) is 9.33. The fourth-order valence-corrected chi connectivity index (χ4v) is 6.81. The highest BCUT2D eigenvalue weighted by Crippen LogP contribution is 2.41. The van der Waals surface area contributed by atoms with E-state index >= 15 is 0 Å². The Balaban J connectivity index is 1.11.